The molecule has 0 unspecified atom stereocenters. The fourth-order valence-corrected chi connectivity index (χ4v) is 5.70. The van der Waals surface area contributed by atoms with Crippen LogP contribution < -0.4 is 9.62 Å². The predicted molar refractivity (Wildman–Crippen MR) is 123 cm³/mol. The summed E-state index contributed by atoms with van der Waals surface area (Å²) in [6.07, 6.45) is 1.67. The summed E-state index contributed by atoms with van der Waals surface area (Å²) in [4.78, 5) is 25.2. The normalized spacial score (nSPS) is 21.7. The lowest BCUT2D eigenvalue weighted by molar-refractivity contribution is -0.138. The standard InChI is InChI=1S/C23H28F3N5O3S/c24-23(25,26)19-6-8-20(9-7-19)35(33,34)29-16-17-2-4-18(5-3-17)21(32)30-12-14-31(15-13-30)22-27-10-1-11-28-22/h1,6-11,17-18,29H,2-5,12-16H2. The zero-order valence-electron chi connectivity index (χ0n) is 19.1. The molecular weight excluding hydrogens is 483 g/mol. The molecular formula is C23H28F3N5O3S. The third-order valence-corrected chi connectivity index (χ3v) is 8.12. The van der Waals surface area contributed by atoms with Gasteiger partial charge in [0.2, 0.25) is 21.9 Å². The number of hydrogen-bond donors (Lipinski definition) is 1. The van der Waals surface area contributed by atoms with Gasteiger partial charge in [0.1, 0.15) is 0 Å². The van der Waals surface area contributed by atoms with E-state index in [4.69, 9.17) is 0 Å². The van der Waals surface area contributed by atoms with Gasteiger partial charge in [0.25, 0.3) is 0 Å². The molecule has 0 radical (unpaired) electrons. The number of anilines is 1. The summed E-state index contributed by atoms with van der Waals surface area (Å²) in [6.45, 7) is 2.78. The maximum absolute atomic E-state index is 13.0. The summed E-state index contributed by atoms with van der Waals surface area (Å²) in [5.74, 6) is 0.814. The molecule has 2 fully saturated rings. The van der Waals surface area contributed by atoms with Gasteiger partial charge in [-0.15, -0.1) is 0 Å². The van der Waals surface area contributed by atoms with Crippen LogP contribution in [0.5, 0.6) is 0 Å². The molecule has 4 rings (SSSR count). The van der Waals surface area contributed by atoms with Crippen molar-refractivity contribution in [2.24, 2.45) is 11.8 Å². The van der Waals surface area contributed by atoms with Crippen LogP contribution in [-0.2, 0) is 21.0 Å². The van der Waals surface area contributed by atoms with Crippen molar-refractivity contribution in [2.75, 3.05) is 37.6 Å². The van der Waals surface area contributed by atoms with Gasteiger partial charge in [-0.05, 0) is 61.9 Å². The average Bonchev–Trinajstić information content (AvgIpc) is 2.88. The number of carbonyl (C=O) groups is 1. The molecule has 2 aliphatic rings. The van der Waals surface area contributed by atoms with Crippen LogP contribution in [0, 0.1) is 11.8 Å². The van der Waals surface area contributed by atoms with Crippen molar-refractivity contribution in [1.29, 1.82) is 0 Å². The highest BCUT2D eigenvalue weighted by atomic mass is 32.2. The van der Waals surface area contributed by atoms with Gasteiger partial charge < -0.3 is 9.80 Å². The first-order chi connectivity index (χ1) is 16.6. The molecule has 2 heterocycles. The molecule has 0 bridgehead atoms. The van der Waals surface area contributed by atoms with Crippen molar-refractivity contribution in [2.45, 2.75) is 36.8 Å². The molecule has 1 amide bonds. The zero-order valence-corrected chi connectivity index (χ0v) is 19.9. The van der Waals surface area contributed by atoms with Gasteiger partial charge in [-0.25, -0.2) is 23.1 Å². The van der Waals surface area contributed by atoms with E-state index in [9.17, 15) is 26.4 Å². The number of benzene rings is 1. The smallest absolute Gasteiger partial charge is 0.339 e. The number of aromatic nitrogens is 2. The van der Waals surface area contributed by atoms with Gasteiger partial charge in [0.15, 0.2) is 0 Å². The number of halogens is 3. The Kier molecular flexibility index (Phi) is 7.60. The minimum atomic E-state index is -4.52. The minimum absolute atomic E-state index is 0.0719. The fraction of sp³-hybridized carbons (Fsp3) is 0.522. The maximum Gasteiger partial charge on any atom is 0.416 e. The molecule has 12 heteroatoms. The van der Waals surface area contributed by atoms with Crippen LogP contribution in [0.15, 0.2) is 47.6 Å². The highest BCUT2D eigenvalue weighted by Crippen LogP contribution is 2.31. The summed E-state index contributed by atoms with van der Waals surface area (Å²) in [5, 5.41) is 0. The maximum atomic E-state index is 13.0. The monoisotopic (exact) mass is 511 g/mol. The summed E-state index contributed by atoms with van der Waals surface area (Å²) in [6, 6.07) is 5.21. The van der Waals surface area contributed by atoms with E-state index in [1.807, 2.05) is 4.90 Å². The second kappa shape index (κ2) is 10.5. The Morgan fingerprint density at radius 3 is 2.14 bits per heavy atom. The van der Waals surface area contributed by atoms with E-state index in [1.165, 1.54) is 0 Å². The molecule has 0 spiro atoms. The van der Waals surface area contributed by atoms with Gasteiger partial charge in [0, 0.05) is 51.0 Å². The van der Waals surface area contributed by atoms with Gasteiger partial charge in [0.05, 0.1) is 10.5 Å². The van der Waals surface area contributed by atoms with E-state index >= 15 is 0 Å². The number of nitrogens with one attached hydrogen (secondary N) is 1. The predicted octanol–water partition coefficient (Wildman–Crippen LogP) is 2.93. The Labute approximate surface area is 202 Å². The number of piperazine rings is 1. The molecule has 1 aromatic carbocycles. The summed E-state index contributed by atoms with van der Waals surface area (Å²) in [7, 11) is -3.90. The van der Waals surface area contributed by atoms with Gasteiger partial charge in [-0.2, -0.15) is 13.2 Å². The van der Waals surface area contributed by atoms with E-state index in [-0.39, 0.29) is 29.2 Å². The fourth-order valence-electron chi connectivity index (χ4n) is 4.59. The number of rotatable bonds is 6. The third-order valence-electron chi connectivity index (χ3n) is 6.68. The second-order valence-electron chi connectivity index (χ2n) is 8.95. The van der Waals surface area contributed by atoms with Crippen molar-refractivity contribution < 1.29 is 26.4 Å². The summed E-state index contributed by atoms with van der Waals surface area (Å²) >= 11 is 0. The topological polar surface area (TPSA) is 95.5 Å². The first kappa shape index (κ1) is 25.4. The summed E-state index contributed by atoms with van der Waals surface area (Å²) < 4.78 is 65.6. The molecule has 8 nitrogen and oxygen atoms in total. The Morgan fingerprint density at radius 1 is 0.971 bits per heavy atom. The van der Waals surface area contributed by atoms with Crippen LogP contribution in [0.25, 0.3) is 0 Å². The number of amides is 1. The van der Waals surface area contributed by atoms with Gasteiger partial charge >= 0.3 is 6.18 Å². The highest BCUT2D eigenvalue weighted by molar-refractivity contribution is 7.89. The quantitative estimate of drug-likeness (QED) is 0.641. The van der Waals surface area contributed by atoms with Crippen LogP contribution in [0.4, 0.5) is 19.1 Å². The minimum Gasteiger partial charge on any atom is -0.339 e. The zero-order chi connectivity index (χ0) is 25.1. The molecule has 1 saturated heterocycles. The van der Waals surface area contributed by atoms with E-state index < -0.39 is 21.8 Å². The average molecular weight is 512 g/mol. The second-order valence-corrected chi connectivity index (χ2v) is 10.7. The van der Waals surface area contributed by atoms with Crippen molar-refractivity contribution in [1.82, 2.24) is 19.6 Å². The lowest BCUT2D eigenvalue weighted by atomic mass is 9.81. The van der Waals surface area contributed by atoms with Crippen LogP contribution in [0.2, 0.25) is 0 Å². The van der Waals surface area contributed by atoms with Crippen molar-refractivity contribution in [3.05, 3.63) is 48.3 Å². The molecule has 1 saturated carbocycles. The lowest BCUT2D eigenvalue weighted by Crippen LogP contribution is -2.51. The highest BCUT2D eigenvalue weighted by Gasteiger charge is 2.33. The van der Waals surface area contributed by atoms with Crippen LogP contribution in [0.1, 0.15) is 31.2 Å². The molecule has 1 aliphatic carbocycles. The number of sulfonamides is 1. The molecule has 0 atom stereocenters. The van der Waals surface area contributed by atoms with Gasteiger partial charge in [-0.3, -0.25) is 4.79 Å². The third kappa shape index (κ3) is 6.29. The Hall–Kier alpha value is -2.73. The lowest BCUT2D eigenvalue weighted by Gasteiger charge is -2.37. The van der Waals surface area contributed by atoms with Crippen molar-refractivity contribution >= 4 is 21.9 Å². The van der Waals surface area contributed by atoms with E-state index in [2.05, 4.69) is 19.6 Å². The van der Waals surface area contributed by atoms with Crippen molar-refractivity contribution in [3.63, 3.8) is 0 Å². The Balaban J connectivity index is 1.22. The molecule has 35 heavy (non-hydrogen) atoms. The molecule has 1 N–H and O–H groups in total. The largest absolute Gasteiger partial charge is 0.416 e. The van der Waals surface area contributed by atoms with E-state index in [1.54, 1.807) is 18.5 Å². The van der Waals surface area contributed by atoms with Crippen LogP contribution in [-0.4, -0.2) is 61.9 Å². The molecule has 190 valence electrons. The number of hydrogen-bond acceptors (Lipinski definition) is 6. The Bertz CT molecular complexity index is 1100. The Morgan fingerprint density at radius 2 is 1.57 bits per heavy atom. The first-order valence-electron chi connectivity index (χ1n) is 11.6. The van der Waals surface area contributed by atoms with Crippen LogP contribution in [0.3, 0.4) is 0 Å². The van der Waals surface area contributed by atoms with Crippen LogP contribution >= 0.6 is 0 Å². The van der Waals surface area contributed by atoms with Gasteiger partial charge in [-0.1, -0.05) is 0 Å². The van der Waals surface area contributed by atoms with Crippen molar-refractivity contribution in [3.8, 4) is 0 Å². The number of carbonyl (C=O) groups excluding carboxylic acids is 1. The van der Waals surface area contributed by atoms with E-state index in [0.717, 1.165) is 24.3 Å². The SMILES string of the molecule is O=C(C1CCC(CNS(=O)(=O)c2ccc(C(F)(F)F)cc2)CC1)N1CCN(c2ncccn2)CC1. The molecule has 2 aromatic rings. The molecule has 1 aromatic heterocycles. The number of nitrogens with zero attached hydrogens (tertiary/aromatic N) is 4. The van der Waals surface area contributed by atoms with E-state index in [0.29, 0.717) is 57.8 Å². The summed E-state index contributed by atoms with van der Waals surface area (Å²) in [5.41, 5.74) is -0.894. The molecule has 1 aliphatic heterocycles. The first-order valence-corrected chi connectivity index (χ1v) is 13.1. The number of alkyl halides is 3.